The Morgan fingerprint density at radius 1 is 1.36 bits per heavy atom. The SMILES string of the molecule is O=C(Nc1ccc2c(c1)B(O)OCC2)c1c(F)cccc1Cl. The van der Waals surface area contributed by atoms with Crippen LogP contribution in [0.2, 0.25) is 5.02 Å². The van der Waals surface area contributed by atoms with Crippen molar-refractivity contribution in [2.45, 2.75) is 6.42 Å². The quantitative estimate of drug-likeness (QED) is 0.832. The van der Waals surface area contributed by atoms with Gasteiger partial charge >= 0.3 is 7.12 Å². The van der Waals surface area contributed by atoms with Gasteiger partial charge in [-0.05, 0) is 41.7 Å². The Balaban J connectivity index is 1.87. The standard InChI is InChI=1S/C15H12BClFNO3/c17-12-2-1-3-13(18)14(12)15(20)19-10-5-4-9-6-7-22-16(21)11(9)8-10/h1-5,8,21H,6-7H2,(H,19,20). The monoisotopic (exact) mass is 319 g/mol. The molecule has 0 spiro atoms. The van der Waals surface area contributed by atoms with E-state index in [2.05, 4.69) is 5.32 Å². The summed E-state index contributed by atoms with van der Waals surface area (Å²) in [4.78, 5) is 12.2. The fraction of sp³-hybridized carbons (Fsp3) is 0.133. The zero-order valence-electron chi connectivity index (χ0n) is 11.5. The Kier molecular flexibility index (Phi) is 4.15. The minimum atomic E-state index is -1.02. The van der Waals surface area contributed by atoms with Crippen molar-refractivity contribution in [1.29, 1.82) is 0 Å². The fourth-order valence-electron chi connectivity index (χ4n) is 2.41. The van der Waals surface area contributed by atoms with Crippen molar-refractivity contribution >= 4 is 35.8 Å². The predicted molar refractivity (Wildman–Crippen MR) is 83.1 cm³/mol. The van der Waals surface area contributed by atoms with Crippen LogP contribution in [0.1, 0.15) is 15.9 Å². The number of hydrogen-bond donors (Lipinski definition) is 2. The van der Waals surface area contributed by atoms with Gasteiger partial charge in [0.15, 0.2) is 0 Å². The van der Waals surface area contributed by atoms with E-state index in [4.69, 9.17) is 16.3 Å². The van der Waals surface area contributed by atoms with E-state index in [1.807, 2.05) is 0 Å². The predicted octanol–water partition coefficient (Wildman–Crippen LogP) is 1.99. The van der Waals surface area contributed by atoms with Crippen LogP contribution in [0.3, 0.4) is 0 Å². The molecular formula is C15H12BClFNO3. The van der Waals surface area contributed by atoms with Crippen LogP contribution in [0.25, 0.3) is 0 Å². The third kappa shape index (κ3) is 2.85. The number of nitrogens with one attached hydrogen (secondary N) is 1. The van der Waals surface area contributed by atoms with Gasteiger partial charge in [-0.15, -0.1) is 0 Å². The van der Waals surface area contributed by atoms with Crippen LogP contribution >= 0.6 is 11.6 Å². The molecule has 0 saturated carbocycles. The minimum Gasteiger partial charge on any atom is -0.423 e. The first-order chi connectivity index (χ1) is 10.6. The van der Waals surface area contributed by atoms with Gasteiger partial charge in [0, 0.05) is 12.3 Å². The smallest absolute Gasteiger partial charge is 0.423 e. The number of carbonyl (C=O) groups is 1. The number of anilines is 1. The molecule has 7 heteroatoms. The number of carbonyl (C=O) groups excluding carboxylic acids is 1. The van der Waals surface area contributed by atoms with Crippen molar-refractivity contribution in [2.24, 2.45) is 0 Å². The van der Waals surface area contributed by atoms with Crippen LogP contribution in [0, 0.1) is 5.82 Å². The van der Waals surface area contributed by atoms with Crippen molar-refractivity contribution in [3.63, 3.8) is 0 Å². The molecular weight excluding hydrogens is 307 g/mol. The van der Waals surface area contributed by atoms with E-state index < -0.39 is 18.8 Å². The lowest BCUT2D eigenvalue weighted by atomic mass is 9.73. The highest BCUT2D eigenvalue weighted by Gasteiger charge is 2.25. The van der Waals surface area contributed by atoms with E-state index in [0.29, 0.717) is 24.2 Å². The van der Waals surface area contributed by atoms with E-state index in [-0.39, 0.29) is 10.6 Å². The molecule has 0 atom stereocenters. The summed E-state index contributed by atoms with van der Waals surface area (Å²) in [6, 6.07) is 9.17. The molecule has 0 unspecified atom stereocenters. The Labute approximate surface area is 132 Å². The molecule has 1 heterocycles. The maximum absolute atomic E-state index is 13.7. The number of fused-ring (bicyclic) bond motifs is 1. The molecule has 22 heavy (non-hydrogen) atoms. The number of amides is 1. The van der Waals surface area contributed by atoms with E-state index in [0.717, 1.165) is 5.56 Å². The van der Waals surface area contributed by atoms with Gasteiger partial charge in [-0.25, -0.2) is 4.39 Å². The number of hydrogen-bond acceptors (Lipinski definition) is 3. The summed E-state index contributed by atoms with van der Waals surface area (Å²) >= 11 is 5.87. The second-order valence-electron chi connectivity index (χ2n) is 4.94. The van der Waals surface area contributed by atoms with Crippen molar-refractivity contribution < 1.29 is 18.9 Å². The number of halogens is 2. The Hall–Kier alpha value is -1.89. The van der Waals surface area contributed by atoms with E-state index in [1.165, 1.54) is 18.2 Å². The van der Waals surface area contributed by atoms with Crippen molar-refractivity contribution in [3.05, 3.63) is 58.4 Å². The first-order valence-electron chi connectivity index (χ1n) is 6.74. The second-order valence-corrected chi connectivity index (χ2v) is 5.34. The van der Waals surface area contributed by atoms with E-state index >= 15 is 0 Å². The zero-order valence-corrected chi connectivity index (χ0v) is 12.2. The molecule has 0 fully saturated rings. The molecule has 2 aromatic carbocycles. The average Bonchev–Trinajstić information content (AvgIpc) is 2.48. The van der Waals surface area contributed by atoms with Gasteiger partial charge in [-0.3, -0.25) is 4.79 Å². The van der Waals surface area contributed by atoms with Crippen LogP contribution in [-0.4, -0.2) is 24.7 Å². The molecule has 1 aliphatic heterocycles. The third-order valence-electron chi connectivity index (χ3n) is 3.51. The van der Waals surface area contributed by atoms with Crippen LogP contribution in [0.4, 0.5) is 10.1 Å². The average molecular weight is 320 g/mol. The Bertz CT molecular complexity index is 720. The van der Waals surface area contributed by atoms with Crippen molar-refractivity contribution in [2.75, 3.05) is 11.9 Å². The van der Waals surface area contributed by atoms with E-state index in [1.54, 1.807) is 18.2 Å². The maximum Gasteiger partial charge on any atom is 0.491 e. The number of rotatable bonds is 2. The van der Waals surface area contributed by atoms with Crippen molar-refractivity contribution in [3.8, 4) is 0 Å². The van der Waals surface area contributed by atoms with Crippen LogP contribution < -0.4 is 10.8 Å². The molecule has 0 bridgehead atoms. The topological polar surface area (TPSA) is 58.6 Å². The Morgan fingerprint density at radius 3 is 2.95 bits per heavy atom. The van der Waals surface area contributed by atoms with Crippen LogP contribution in [0.5, 0.6) is 0 Å². The van der Waals surface area contributed by atoms with Crippen LogP contribution in [-0.2, 0) is 11.1 Å². The van der Waals surface area contributed by atoms with Gasteiger partial charge in [0.1, 0.15) is 5.82 Å². The summed E-state index contributed by atoms with van der Waals surface area (Å²) in [5.41, 5.74) is 1.79. The summed E-state index contributed by atoms with van der Waals surface area (Å²) in [7, 11) is -1.02. The number of benzene rings is 2. The molecule has 0 aliphatic carbocycles. The van der Waals surface area contributed by atoms with Gasteiger partial charge < -0.3 is 15.0 Å². The van der Waals surface area contributed by atoms with Gasteiger partial charge in [0.05, 0.1) is 10.6 Å². The molecule has 0 aromatic heterocycles. The third-order valence-corrected chi connectivity index (χ3v) is 3.82. The maximum atomic E-state index is 13.7. The van der Waals surface area contributed by atoms with Gasteiger partial charge in [-0.2, -0.15) is 0 Å². The molecule has 112 valence electrons. The second kappa shape index (κ2) is 6.08. The normalized spacial score (nSPS) is 13.7. The molecule has 2 aromatic rings. The molecule has 0 radical (unpaired) electrons. The molecule has 1 aliphatic rings. The largest absolute Gasteiger partial charge is 0.491 e. The van der Waals surface area contributed by atoms with Gasteiger partial charge in [0.25, 0.3) is 5.91 Å². The molecule has 0 saturated heterocycles. The lowest BCUT2D eigenvalue weighted by molar-refractivity contribution is 0.102. The lowest BCUT2D eigenvalue weighted by Crippen LogP contribution is -2.41. The fourth-order valence-corrected chi connectivity index (χ4v) is 2.66. The first kappa shape index (κ1) is 15.0. The summed E-state index contributed by atoms with van der Waals surface area (Å²) in [6.45, 7) is 0.449. The van der Waals surface area contributed by atoms with Gasteiger partial charge in [0.2, 0.25) is 0 Å². The van der Waals surface area contributed by atoms with Crippen LogP contribution in [0.15, 0.2) is 36.4 Å². The van der Waals surface area contributed by atoms with Gasteiger partial charge in [-0.1, -0.05) is 23.7 Å². The molecule has 3 rings (SSSR count). The van der Waals surface area contributed by atoms with E-state index in [9.17, 15) is 14.2 Å². The zero-order chi connectivity index (χ0) is 15.7. The Morgan fingerprint density at radius 2 is 2.18 bits per heavy atom. The minimum absolute atomic E-state index is 0.0406. The molecule has 1 amide bonds. The molecule has 4 nitrogen and oxygen atoms in total. The summed E-state index contributed by atoms with van der Waals surface area (Å²) in [5.74, 6) is -1.33. The van der Waals surface area contributed by atoms with Crippen molar-refractivity contribution in [1.82, 2.24) is 0 Å². The lowest BCUT2D eigenvalue weighted by Gasteiger charge is -2.20. The summed E-state index contributed by atoms with van der Waals surface area (Å²) < 4.78 is 18.9. The molecule has 2 N–H and O–H groups in total. The summed E-state index contributed by atoms with van der Waals surface area (Å²) in [5, 5.41) is 12.4. The highest BCUT2D eigenvalue weighted by atomic mass is 35.5. The first-order valence-corrected chi connectivity index (χ1v) is 7.12. The highest BCUT2D eigenvalue weighted by Crippen LogP contribution is 2.21. The highest BCUT2D eigenvalue weighted by molar-refractivity contribution is 6.61. The summed E-state index contributed by atoms with van der Waals surface area (Å²) in [6.07, 6.45) is 0.694.